The van der Waals surface area contributed by atoms with Crippen LogP contribution in [-0.4, -0.2) is 64.2 Å². The molecule has 2 aromatic rings. The number of fused-ring (bicyclic) bond motifs is 1. The largest absolute Gasteiger partial charge is 0.499 e. The summed E-state index contributed by atoms with van der Waals surface area (Å²) in [6.45, 7) is 1.47. The lowest BCUT2D eigenvalue weighted by Crippen LogP contribution is -2.70. The summed E-state index contributed by atoms with van der Waals surface area (Å²) in [4.78, 5) is 67.0. The maximum Gasteiger partial charge on any atom is 0.358 e. The average Bonchev–Trinajstić information content (AvgIpc) is 3.11. The van der Waals surface area contributed by atoms with E-state index in [1.54, 1.807) is 36.4 Å². The second kappa shape index (κ2) is 9.75. The quantitative estimate of drug-likeness (QED) is 0.190. The number of hydrogen-bond acceptors (Lipinski definition) is 8. The number of β-lactam (4-membered cyclic amide) rings is 1. The molecule has 2 atom stereocenters. The highest BCUT2D eigenvalue weighted by Crippen LogP contribution is 2.41. The molecule has 0 aliphatic carbocycles. The summed E-state index contributed by atoms with van der Waals surface area (Å²) < 4.78 is 10.0. The number of amides is 3. The molecule has 2 heterocycles. The van der Waals surface area contributed by atoms with E-state index in [1.807, 2.05) is 6.07 Å². The van der Waals surface area contributed by atoms with Gasteiger partial charge in [0.1, 0.15) is 17.2 Å². The third kappa shape index (κ3) is 4.21. The molecule has 0 bridgehead atoms. The number of imide groups is 1. The number of allylic oxidation sites excluding steroid dienone is 1. The van der Waals surface area contributed by atoms with Gasteiger partial charge in [-0.2, -0.15) is 0 Å². The number of benzene rings is 2. The number of carbonyl (C=O) groups excluding carboxylic acids is 5. The van der Waals surface area contributed by atoms with Crippen molar-refractivity contribution in [3.63, 3.8) is 0 Å². The Morgan fingerprint density at radius 3 is 2.00 bits per heavy atom. The number of ether oxygens (including phenoxy) is 2. The number of nitrogens with zero attached hydrogens (tertiary/aromatic N) is 2. The Morgan fingerprint density at radius 2 is 1.46 bits per heavy atom. The molecule has 9 nitrogen and oxygen atoms in total. The summed E-state index contributed by atoms with van der Waals surface area (Å²) in [5.74, 6) is -2.71. The van der Waals surface area contributed by atoms with Gasteiger partial charge in [0.2, 0.25) is 0 Å². The minimum Gasteiger partial charge on any atom is -0.499 e. The Labute approximate surface area is 205 Å². The van der Waals surface area contributed by atoms with E-state index in [-0.39, 0.29) is 34.1 Å². The van der Waals surface area contributed by atoms with Crippen LogP contribution in [-0.2, 0) is 30.3 Å². The highest BCUT2D eigenvalue weighted by molar-refractivity contribution is 8.14. The number of rotatable bonds is 7. The van der Waals surface area contributed by atoms with E-state index in [0.717, 1.165) is 34.2 Å². The molecule has 1 fully saturated rings. The molecule has 180 valence electrons. The first-order valence-corrected chi connectivity index (χ1v) is 11.5. The number of methoxy groups -OCH3 is 2. The normalized spacial score (nSPS) is 19.7. The Hall–Kier alpha value is -3.92. The van der Waals surface area contributed by atoms with Gasteiger partial charge in [-0.3, -0.25) is 29.0 Å². The second-order valence-corrected chi connectivity index (χ2v) is 9.00. The van der Waals surface area contributed by atoms with E-state index < -0.39 is 35.1 Å². The molecule has 0 radical (unpaired) electrons. The van der Waals surface area contributed by atoms with Crippen molar-refractivity contribution in [1.82, 2.24) is 9.80 Å². The van der Waals surface area contributed by atoms with Crippen LogP contribution >= 0.6 is 11.8 Å². The van der Waals surface area contributed by atoms with Crippen LogP contribution in [0.2, 0.25) is 0 Å². The molecule has 0 N–H and O–H groups in total. The van der Waals surface area contributed by atoms with Gasteiger partial charge in [0, 0.05) is 6.42 Å². The van der Waals surface area contributed by atoms with Gasteiger partial charge in [-0.25, -0.2) is 4.79 Å². The molecule has 2 aliphatic rings. The monoisotopic (exact) mass is 494 g/mol. The highest BCUT2D eigenvalue weighted by atomic mass is 32.2. The van der Waals surface area contributed by atoms with Crippen LogP contribution in [0.3, 0.4) is 0 Å². The minimum absolute atomic E-state index is 0.0550. The fraction of sp³-hybridized carbons (Fsp3) is 0.240. The first-order chi connectivity index (χ1) is 16.8. The summed E-state index contributed by atoms with van der Waals surface area (Å²) in [5.41, 5.74) is 0.925. The maximum atomic E-state index is 13.4. The van der Waals surface area contributed by atoms with Crippen molar-refractivity contribution in [3.05, 3.63) is 82.7 Å². The third-order valence-corrected chi connectivity index (χ3v) is 6.94. The summed E-state index contributed by atoms with van der Waals surface area (Å²) in [5, 5.41) is -1.35. The van der Waals surface area contributed by atoms with Gasteiger partial charge in [0.15, 0.2) is 10.8 Å². The van der Waals surface area contributed by atoms with E-state index >= 15 is 0 Å². The topological polar surface area (TPSA) is 110 Å². The summed E-state index contributed by atoms with van der Waals surface area (Å²) >= 11 is 0.778. The molecular formula is C25H22N2O7S. The molecule has 10 heteroatoms. The fourth-order valence-electron chi connectivity index (χ4n) is 4.05. The predicted molar refractivity (Wildman–Crippen MR) is 126 cm³/mol. The zero-order valence-corrected chi connectivity index (χ0v) is 20.0. The van der Waals surface area contributed by atoms with Crippen LogP contribution in [0.25, 0.3) is 0 Å². The number of thioether (sulfide) groups is 1. The SMILES string of the molecule is COC(=O)C(=C(C)OC)N1C(=O)C(N2C(=O)c3ccccc3C2=O)C1SC(=O)Cc1ccccc1. The van der Waals surface area contributed by atoms with Crippen molar-refractivity contribution in [3.8, 4) is 0 Å². The highest BCUT2D eigenvalue weighted by Gasteiger charge is 2.59. The molecule has 0 aromatic heterocycles. The van der Waals surface area contributed by atoms with Crippen molar-refractivity contribution in [2.75, 3.05) is 14.2 Å². The van der Waals surface area contributed by atoms with Gasteiger partial charge in [-0.15, -0.1) is 0 Å². The van der Waals surface area contributed by atoms with Gasteiger partial charge < -0.3 is 9.47 Å². The lowest BCUT2D eigenvalue weighted by Gasteiger charge is -2.48. The van der Waals surface area contributed by atoms with Crippen LogP contribution < -0.4 is 0 Å². The molecule has 0 saturated carbocycles. The summed E-state index contributed by atoms with van der Waals surface area (Å²) in [6.07, 6.45) is 0.0550. The Bertz CT molecular complexity index is 1220. The van der Waals surface area contributed by atoms with Gasteiger partial charge in [-0.1, -0.05) is 54.2 Å². The van der Waals surface area contributed by atoms with E-state index in [2.05, 4.69) is 0 Å². The minimum atomic E-state index is -1.28. The summed E-state index contributed by atoms with van der Waals surface area (Å²) in [6, 6.07) is 14.0. The van der Waals surface area contributed by atoms with Crippen molar-refractivity contribution in [1.29, 1.82) is 0 Å². The van der Waals surface area contributed by atoms with Crippen LogP contribution in [0.15, 0.2) is 66.1 Å². The van der Waals surface area contributed by atoms with Crippen LogP contribution in [0, 0.1) is 0 Å². The second-order valence-electron chi connectivity index (χ2n) is 7.82. The molecule has 1 saturated heterocycles. The number of likely N-dealkylation sites (tertiary alicyclic amines) is 1. The van der Waals surface area contributed by atoms with Crippen molar-refractivity contribution in [2.45, 2.75) is 24.8 Å². The molecule has 2 aliphatic heterocycles. The Kier molecular flexibility index (Phi) is 6.74. The standard InChI is InChI=1S/C25H22N2O7S/c1-14(33-2)19(25(32)34-3)27-23(31)20(24(27)35-18(28)13-15-9-5-4-6-10-15)26-21(29)16-11-7-8-12-17(16)22(26)30/h4-12,20,24H,13H2,1-3H3. The predicted octanol–water partition coefficient (Wildman–Crippen LogP) is 2.37. The van der Waals surface area contributed by atoms with E-state index in [1.165, 1.54) is 26.2 Å². The molecule has 4 rings (SSSR count). The van der Waals surface area contributed by atoms with E-state index in [9.17, 15) is 24.0 Å². The lowest BCUT2D eigenvalue weighted by molar-refractivity contribution is -0.153. The third-order valence-electron chi connectivity index (χ3n) is 5.82. The lowest BCUT2D eigenvalue weighted by atomic mass is 10.0. The number of hydrogen-bond donors (Lipinski definition) is 0. The zero-order chi connectivity index (χ0) is 25.3. The van der Waals surface area contributed by atoms with Crippen LogP contribution in [0.4, 0.5) is 0 Å². The van der Waals surface area contributed by atoms with Gasteiger partial charge in [0.25, 0.3) is 17.7 Å². The first-order valence-electron chi connectivity index (χ1n) is 10.7. The molecule has 0 spiro atoms. The van der Waals surface area contributed by atoms with Gasteiger partial charge in [0.05, 0.1) is 25.3 Å². The molecular weight excluding hydrogens is 472 g/mol. The van der Waals surface area contributed by atoms with Crippen molar-refractivity contribution in [2.24, 2.45) is 0 Å². The van der Waals surface area contributed by atoms with Gasteiger partial charge >= 0.3 is 5.97 Å². The molecule has 3 amide bonds. The van der Waals surface area contributed by atoms with E-state index in [0.29, 0.717) is 0 Å². The number of carbonyl (C=O) groups is 5. The Balaban J connectivity index is 1.70. The smallest absolute Gasteiger partial charge is 0.358 e. The summed E-state index contributed by atoms with van der Waals surface area (Å²) in [7, 11) is 2.48. The fourth-order valence-corrected chi connectivity index (χ4v) is 5.25. The van der Waals surface area contributed by atoms with E-state index in [4.69, 9.17) is 9.47 Å². The number of esters is 1. The average molecular weight is 495 g/mol. The Morgan fingerprint density at radius 1 is 0.886 bits per heavy atom. The molecule has 35 heavy (non-hydrogen) atoms. The van der Waals surface area contributed by atoms with Crippen molar-refractivity contribution >= 4 is 40.6 Å². The molecule has 2 unspecified atom stereocenters. The van der Waals surface area contributed by atoms with Gasteiger partial charge in [-0.05, 0) is 24.6 Å². The molecule has 2 aromatic carbocycles. The maximum absolute atomic E-state index is 13.4. The zero-order valence-electron chi connectivity index (χ0n) is 19.2. The van der Waals surface area contributed by atoms with Crippen LogP contribution in [0.1, 0.15) is 33.2 Å². The van der Waals surface area contributed by atoms with Crippen LogP contribution in [0.5, 0.6) is 0 Å². The first kappa shape index (κ1) is 24.2. The van der Waals surface area contributed by atoms with Crippen molar-refractivity contribution < 1.29 is 33.4 Å².